The number of rotatable bonds is 1. The molecule has 0 amide bonds. The summed E-state index contributed by atoms with van der Waals surface area (Å²) in [5.41, 5.74) is 0.0285. The molecule has 0 spiro atoms. The molecule has 0 radical (unpaired) electrons. The molecule has 5 heteroatoms. The van der Waals surface area contributed by atoms with Crippen molar-refractivity contribution in [2.45, 2.75) is 4.90 Å². The molecule has 1 aromatic heterocycles. The number of benzene rings is 1. The van der Waals surface area contributed by atoms with Crippen LogP contribution < -0.4 is 0 Å². The van der Waals surface area contributed by atoms with Gasteiger partial charge < -0.3 is 10.2 Å². The predicted molar refractivity (Wildman–Crippen MR) is 57.7 cm³/mol. The number of carbonyl (C=O) groups is 1. The van der Waals surface area contributed by atoms with Crippen molar-refractivity contribution in [3.8, 4) is 5.75 Å². The van der Waals surface area contributed by atoms with Crippen molar-refractivity contribution in [2.75, 3.05) is 0 Å². The number of thiol groups is 1. The summed E-state index contributed by atoms with van der Waals surface area (Å²) in [5.74, 6) is -1.10. The second-order valence-corrected chi connectivity index (χ2v) is 4.12. The van der Waals surface area contributed by atoms with Gasteiger partial charge in [0.2, 0.25) is 0 Å². The number of phenols is 1. The number of fused-ring (bicyclic) bond motifs is 1. The first-order chi connectivity index (χ1) is 6.61. The molecular formula is C9H6O3S2. The zero-order chi connectivity index (χ0) is 10.3. The van der Waals surface area contributed by atoms with Gasteiger partial charge in [-0.05, 0) is 17.5 Å². The summed E-state index contributed by atoms with van der Waals surface area (Å²) in [7, 11) is 0. The molecule has 14 heavy (non-hydrogen) atoms. The molecule has 1 heterocycles. The summed E-state index contributed by atoms with van der Waals surface area (Å²) < 4.78 is 0.700. The van der Waals surface area contributed by atoms with Crippen molar-refractivity contribution in [2.24, 2.45) is 0 Å². The van der Waals surface area contributed by atoms with Gasteiger partial charge in [0, 0.05) is 10.3 Å². The molecule has 0 fully saturated rings. The van der Waals surface area contributed by atoms with Gasteiger partial charge in [0.05, 0.1) is 10.3 Å². The van der Waals surface area contributed by atoms with Gasteiger partial charge in [0.15, 0.2) is 0 Å². The van der Waals surface area contributed by atoms with Gasteiger partial charge in [0.25, 0.3) is 0 Å². The van der Waals surface area contributed by atoms with E-state index in [4.69, 9.17) is 5.11 Å². The first-order valence-corrected chi connectivity index (χ1v) is 5.09. The molecule has 1 aromatic carbocycles. The highest BCUT2D eigenvalue weighted by atomic mass is 32.1. The van der Waals surface area contributed by atoms with Gasteiger partial charge in [-0.1, -0.05) is 0 Å². The lowest BCUT2D eigenvalue weighted by molar-refractivity contribution is 0.0693. The zero-order valence-electron chi connectivity index (χ0n) is 6.89. The highest BCUT2D eigenvalue weighted by molar-refractivity contribution is 7.80. The minimum Gasteiger partial charge on any atom is -0.507 e. The summed E-state index contributed by atoms with van der Waals surface area (Å²) in [4.78, 5) is 11.2. The fourth-order valence-electron chi connectivity index (χ4n) is 1.26. The second kappa shape index (κ2) is 3.18. The van der Waals surface area contributed by atoms with E-state index in [0.717, 1.165) is 0 Å². The fraction of sp³-hybridized carbons (Fsp3) is 0. The van der Waals surface area contributed by atoms with Gasteiger partial charge in [-0.25, -0.2) is 4.79 Å². The summed E-state index contributed by atoms with van der Waals surface area (Å²) in [6, 6.07) is 2.96. The van der Waals surface area contributed by atoms with Gasteiger partial charge >= 0.3 is 5.97 Å². The van der Waals surface area contributed by atoms with Crippen LogP contribution in [-0.4, -0.2) is 16.2 Å². The molecule has 0 aliphatic carbocycles. The second-order valence-electron chi connectivity index (χ2n) is 2.76. The number of carboxylic acid groups (broad SMARTS) is 1. The predicted octanol–water partition coefficient (Wildman–Crippen LogP) is 2.59. The largest absolute Gasteiger partial charge is 0.507 e. The monoisotopic (exact) mass is 226 g/mol. The van der Waals surface area contributed by atoms with Crippen LogP contribution in [0.15, 0.2) is 22.4 Å². The zero-order valence-corrected chi connectivity index (χ0v) is 8.60. The third-order valence-corrected chi connectivity index (χ3v) is 3.47. The van der Waals surface area contributed by atoms with E-state index >= 15 is 0 Å². The van der Waals surface area contributed by atoms with Crippen LogP contribution in [0.4, 0.5) is 0 Å². The minimum absolute atomic E-state index is 0.0172. The topological polar surface area (TPSA) is 57.5 Å². The molecular weight excluding hydrogens is 220 g/mol. The van der Waals surface area contributed by atoms with E-state index in [1.165, 1.54) is 17.4 Å². The van der Waals surface area contributed by atoms with Gasteiger partial charge in [-0.3, -0.25) is 0 Å². The molecule has 0 saturated carbocycles. The third kappa shape index (κ3) is 1.25. The van der Waals surface area contributed by atoms with Gasteiger partial charge in [-0.15, -0.1) is 24.0 Å². The Morgan fingerprint density at radius 1 is 1.50 bits per heavy atom. The maximum atomic E-state index is 10.8. The third-order valence-electron chi connectivity index (χ3n) is 1.92. The van der Waals surface area contributed by atoms with Crippen molar-refractivity contribution < 1.29 is 15.0 Å². The van der Waals surface area contributed by atoms with Crippen molar-refractivity contribution in [3.05, 3.63) is 23.1 Å². The van der Waals surface area contributed by atoms with E-state index in [0.29, 0.717) is 15.0 Å². The van der Waals surface area contributed by atoms with E-state index in [2.05, 4.69) is 12.6 Å². The molecule has 2 N–H and O–H groups in total. The average molecular weight is 226 g/mol. The minimum atomic E-state index is -1.08. The summed E-state index contributed by atoms with van der Waals surface area (Å²) in [6.07, 6.45) is 0. The molecule has 0 saturated heterocycles. The van der Waals surface area contributed by atoms with Crippen molar-refractivity contribution in [1.82, 2.24) is 0 Å². The number of aromatic hydroxyl groups is 1. The van der Waals surface area contributed by atoms with E-state index in [1.807, 2.05) is 0 Å². The van der Waals surface area contributed by atoms with Gasteiger partial charge in [0.1, 0.15) is 5.75 Å². The maximum Gasteiger partial charge on any atom is 0.337 e. The summed E-state index contributed by atoms with van der Waals surface area (Å²) in [5, 5.41) is 20.8. The molecule has 0 atom stereocenters. The highest BCUT2D eigenvalue weighted by Gasteiger charge is 2.14. The highest BCUT2D eigenvalue weighted by Crippen LogP contribution is 2.36. The summed E-state index contributed by atoms with van der Waals surface area (Å²) in [6.45, 7) is 0. The van der Waals surface area contributed by atoms with Crippen LogP contribution in [0.5, 0.6) is 5.75 Å². The molecule has 72 valence electrons. The lowest BCUT2D eigenvalue weighted by atomic mass is 10.1. The van der Waals surface area contributed by atoms with Gasteiger partial charge in [-0.2, -0.15) is 0 Å². The Balaban J connectivity index is 2.88. The molecule has 0 aliphatic heterocycles. The Kier molecular flexibility index (Phi) is 2.13. The van der Waals surface area contributed by atoms with E-state index in [-0.39, 0.29) is 11.3 Å². The lowest BCUT2D eigenvalue weighted by Crippen LogP contribution is -1.97. The van der Waals surface area contributed by atoms with E-state index in [1.54, 1.807) is 11.4 Å². The molecule has 0 unspecified atom stereocenters. The number of aromatic carboxylic acids is 1. The van der Waals surface area contributed by atoms with Crippen LogP contribution >= 0.6 is 24.0 Å². The standard InChI is InChI=1S/C9H6O3S2/c10-6-3-5(9(11)12)7(13)8-4(6)1-2-14-8/h1-3,10,13H,(H,11,12). The number of hydrogen-bond donors (Lipinski definition) is 3. The summed E-state index contributed by atoms with van der Waals surface area (Å²) >= 11 is 5.50. The van der Waals surface area contributed by atoms with Crippen LogP contribution in [0, 0.1) is 0 Å². The van der Waals surface area contributed by atoms with Crippen molar-refractivity contribution in [1.29, 1.82) is 0 Å². The van der Waals surface area contributed by atoms with E-state index < -0.39 is 5.97 Å². The van der Waals surface area contributed by atoms with Crippen molar-refractivity contribution in [3.63, 3.8) is 0 Å². The number of carboxylic acids is 1. The molecule has 0 bridgehead atoms. The maximum absolute atomic E-state index is 10.8. The number of phenolic OH excluding ortho intramolecular Hbond substituents is 1. The fourth-order valence-corrected chi connectivity index (χ4v) is 2.56. The van der Waals surface area contributed by atoms with Crippen LogP contribution in [0.3, 0.4) is 0 Å². The Hall–Kier alpha value is -1.20. The molecule has 2 aromatic rings. The normalized spacial score (nSPS) is 10.6. The SMILES string of the molecule is O=C(O)c1cc(O)c2ccsc2c1S. The average Bonchev–Trinajstić information content (AvgIpc) is 2.59. The quantitative estimate of drug-likeness (QED) is 0.655. The number of thiophene rings is 1. The molecule has 2 rings (SSSR count). The van der Waals surface area contributed by atoms with Crippen LogP contribution in [0.2, 0.25) is 0 Å². The molecule has 0 aliphatic rings. The van der Waals surface area contributed by atoms with Crippen LogP contribution in [-0.2, 0) is 0 Å². The smallest absolute Gasteiger partial charge is 0.337 e. The lowest BCUT2D eigenvalue weighted by Gasteiger charge is -2.03. The Morgan fingerprint density at radius 2 is 2.21 bits per heavy atom. The Bertz CT molecular complexity index is 516. The van der Waals surface area contributed by atoms with Crippen LogP contribution in [0.1, 0.15) is 10.4 Å². The first kappa shape index (κ1) is 9.36. The number of hydrogen-bond acceptors (Lipinski definition) is 4. The van der Waals surface area contributed by atoms with Crippen molar-refractivity contribution >= 4 is 40.0 Å². The van der Waals surface area contributed by atoms with E-state index in [9.17, 15) is 9.90 Å². The molecule has 3 nitrogen and oxygen atoms in total. The first-order valence-electron chi connectivity index (χ1n) is 3.76. The Morgan fingerprint density at radius 3 is 2.86 bits per heavy atom. The Labute approximate surface area is 89.0 Å². The van der Waals surface area contributed by atoms with Crippen LogP contribution in [0.25, 0.3) is 10.1 Å².